The van der Waals surface area contributed by atoms with Gasteiger partial charge in [0.25, 0.3) is 15.7 Å². The van der Waals surface area contributed by atoms with Crippen molar-refractivity contribution in [2.45, 2.75) is 39.8 Å². The third kappa shape index (κ3) is 6.62. The molecule has 0 fully saturated rings. The summed E-state index contributed by atoms with van der Waals surface area (Å²) < 4.78 is 35.0. The highest BCUT2D eigenvalue weighted by Gasteiger charge is 2.18. The number of nitrogens with one attached hydrogen (secondary N) is 1. The van der Waals surface area contributed by atoms with Crippen molar-refractivity contribution in [2.75, 3.05) is 19.5 Å². The first kappa shape index (κ1) is 24.4. The molecule has 1 N–H and O–H groups in total. The third-order valence-electron chi connectivity index (χ3n) is 4.45. The van der Waals surface area contributed by atoms with Crippen molar-refractivity contribution in [1.82, 2.24) is 24.5 Å². The number of carbonyl (C=O) groups excluding carboxylic acids is 1. The molecular formula is C21H27N5O6S. The lowest BCUT2D eigenvalue weighted by Gasteiger charge is -2.14. The molecule has 0 radical (unpaired) electrons. The smallest absolute Gasteiger partial charge is 0.277 e. The summed E-state index contributed by atoms with van der Waals surface area (Å²) in [5.41, 5.74) is 1.54. The molecule has 0 aromatic carbocycles. The average molecular weight is 478 g/mol. The zero-order valence-electron chi connectivity index (χ0n) is 18.9. The van der Waals surface area contributed by atoms with E-state index in [2.05, 4.69) is 19.6 Å². The maximum Gasteiger partial charge on any atom is 0.277 e. The molecule has 3 aromatic heterocycles. The standard InChI is InChI=1S/C21H27N5O6S/c1-14(2)22-19(27)13-25-18(16-8-5-7-15(3)23-16)12-26-17(21(25)28)11-20(24-26)31-9-6-10-32-33(4,29)30/h5,7-8,11-12,14H,6,9-10,13H2,1-4H3,(H,22,27). The summed E-state index contributed by atoms with van der Waals surface area (Å²) in [6.07, 6.45) is 2.92. The largest absolute Gasteiger partial charge is 0.476 e. The maximum atomic E-state index is 13.3. The Labute approximate surface area is 191 Å². The van der Waals surface area contributed by atoms with E-state index in [4.69, 9.17) is 4.74 Å². The van der Waals surface area contributed by atoms with E-state index in [1.807, 2.05) is 32.9 Å². The molecule has 11 nitrogen and oxygen atoms in total. The van der Waals surface area contributed by atoms with Gasteiger partial charge in [0, 0.05) is 24.2 Å². The van der Waals surface area contributed by atoms with Crippen LogP contribution in [0.1, 0.15) is 26.0 Å². The highest BCUT2D eigenvalue weighted by Crippen LogP contribution is 2.19. The summed E-state index contributed by atoms with van der Waals surface area (Å²) in [7, 11) is -3.51. The number of ether oxygens (including phenoxy) is 1. The van der Waals surface area contributed by atoms with E-state index >= 15 is 0 Å². The maximum absolute atomic E-state index is 13.3. The van der Waals surface area contributed by atoms with Crippen LogP contribution in [0.4, 0.5) is 0 Å². The minimum Gasteiger partial charge on any atom is -0.476 e. The van der Waals surface area contributed by atoms with Crippen LogP contribution in [-0.4, -0.2) is 59.0 Å². The Morgan fingerprint density at radius 2 is 2.00 bits per heavy atom. The van der Waals surface area contributed by atoms with Gasteiger partial charge in [-0.15, -0.1) is 5.10 Å². The summed E-state index contributed by atoms with van der Waals surface area (Å²) in [5.74, 6) is -0.105. The number of aromatic nitrogens is 4. The molecule has 0 saturated heterocycles. The van der Waals surface area contributed by atoms with Crippen molar-refractivity contribution < 1.29 is 22.1 Å². The number of hydrogen-bond donors (Lipinski definition) is 1. The Kier molecular flexibility index (Phi) is 7.49. The molecule has 0 unspecified atom stereocenters. The molecule has 0 aliphatic heterocycles. The molecule has 0 atom stereocenters. The molecule has 0 aliphatic rings. The average Bonchev–Trinajstić information content (AvgIpc) is 3.11. The second kappa shape index (κ2) is 10.1. The van der Waals surface area contributed by atoms with Crippen LogP contribution in [0.3, 0.4) is 0 Å². The van der Waals surface area contributed by atoms with Gasteiger partial charge >= 0.3 is 0 Å². The Balaban J connectivity index is 1.93. The fourth-order valence-electron chi connectivity index (χ4n) is 3.14. The summed E-state index contributed by atoms with van der Waals surface area (Å²) in [4.78, 5) is 30.2. The summed E-state index contributed by atoms with van der Waals surface area (Å²) in [6, 6.07) is 6.82. The van der Waals surface area contributed by atoms with Crippen LogP contribution in [0.25, 0.3) is 16.9 Å². The monoisotopic (exact) mass is 477 g/mol. The van der Waals surface area contributed by atoms with Gasteiger partial charge in [-0.05, 0) is 32.9 Å². The van der Waals surface area contributed by atoms with E-state index < -0.39 is 15.7 Å². The summed E-state index contributed by atoms with van der Waals surface area (Å²) in [5, 5.41) is 7.08. The van der Waals surface area contributed by atoms with Crippen LogP contribution in [-0.2, 0) is 25.6 Å². The van der Waals surface area contributed by atoms with Gasteiger partial charge < -0.3 is 10.1 Å². The van der Waals surface area contributed by atoms with Crippen molar-refractivity contribution in [3.8, 4) is 17.3 Å². The van der Waals surface area contributed by atoms with Crippen LogP contribution in [0, 0.1) is 6.92 Å². The zero-order chi connectivity index (χ0) is 24.2. The van der Waals surface area contributed by atoms with E-state index in [0.29, 0.717) is 17.8 Å². The molecule has 33 heavy (non-hydrogen) atoms. The predicted octanol–water partition coefficient (Wildman–Crippen LogP) is 1.14. The molecule has 0 aliphatic carbocycles. The fourth-order valence-corrected chi connectivity index (χ4v) is 3.56. The topological polar surface area (TPSA) is 134 Å². The highest BCUT2D eigenvalue weighted by molar-refractivity contribution is 7.85. The van der Waals surface area contributed by atoms with Gasteiger partial charge in [0.05, 0.1) is 37.1 Å². The quantitative estimate of drug-likeness (QED) is 0.339. The second-order valence-corrected chi connectivity index (χ2v) is 9.48. The molecule has 3 rings (SSSR count). The molecule has 0 bridgehead atoms. The van der Waals surface area contributed by atoms with Gasteiger partial charge in [0.2, 0.25) is 11.8 Å². The Morgan fingerprint density at radius 1 is 1.24 bits per heavy atom. The SMILES string of the molecule is Cc1cccc(-c2cn3nc(OCCCOS(C)(=O)=O)cc3c(=O)n2CC(=O)NC(C)C)n1. The lowest BCUT2D eigenvalue weighted by molar-refractivity contribution is -0.122. The third-order valence-corrected chi connectivity index (χ3v) is 5.05. The van der Waals surface area contributed by atoms with E-state index in [0.717, 1.165) is 11.9 Å². The van der Waals surface area contributed by atoms with E-state index in [1.54, 1.807) is 12.3 Å². The van der Waals surface area contributed by atoms with Gasteiger partial charge in [0.15, 0.2) is 0 Å². The van der Waals surface area contributed by atoms with Crippen molar-refractivity contribution >= 4 is 21.5 Å². The van der Waals surface area contributed by atoms with Crippen LogP contribution < -0.4 is 15.6 Å². The first-order valence-corrected chi connectivity index (χ1v) is 12.2. The molecule has 178 valence electrons. The Morgan fingerprint density at radius 3 is 2.67 bits per heavy atom. The van der Waals surface area contributed by atoms with Gasteiger partial charge in [-0.1, -0.05) is 6.07 Å². The van der Waals surface area contributed by atoms with Crippen molar-refractivity contribution in [1.29, 1.82) is 0 Å². The normalized spacial score (nSPS) is 11.8. The predicted molar refractivity (Wildman–Crippen MR) is 122 cm³/mol. The second-order valence-electron chi connectivity index (χ2n) is 7.83. The van der Waals surface area contributed by atoms with Crippen LogP contribution in [0.5, 0.6) is 5.88 Å². The molecule has 1 amide bonds. The molecule has 0 spiro atoms. The lowest BCUT2D eigenvalue weighted by atomic mass is 10.2. The summed E-state index contributed by atoms with van der Waals surface area (Å²) >= 11 is 0. The van der Waals surface area contributed by atoms with Gasteiger partial charge in [-0.25, -0.2) is 4.52 Å². The van der Waals surface area contributed by atoms with Crippen molar-refractivity contribution in [3.63, 3.8) is 0 Å². The van der Waals surface area contributed by atoms with Crippen molar-refractivity contribution in [3.05, 3.63) is 46.5 Å². The minimum absolute atomic E-state index is 0.0207. The lowest BCUT2D eigenvalue weighted by Crippen LogP contribution is -2.37. The number of amides is 1. The van der Waals surface area contributed by atoms with Crippen LogP contribution >= 0.6 is 0 Å². The Hall–Kier alpha value is -3.25. The Bertz CT molecular complexity index is 1310. The number of aryl methyl sites for hydroxylation is 1. The molecule has 0 saturated carbocycles. The van der Waals surface area contributed by atoms with Crippen molar-refractivity contribution in [2.24, 2.45) is 0 Å². The van der Waals surface area contributed by atoms with Crippen LogP contribution in [0.15, 0.2) is 35.3 Å². The summed E-state index contributed by atoms with van der Waals surface area (Å²) in [6.45, 7) is 5.47. The van der Waals surface area contributed by atoms with E-state index in [1.165, 1.54) is 15.1 Å². The molecule has 3 aromatic rings. The fraction of sp³-hybridized carbons (Fsp3) is 0.429. The highest BCUT2D eigenvalue weighted by atomic mass is 32.2. The number of rotatable bonds is 10. The minimum atomic E-state index is -3.51. The van der Waals surface area contributed by atoms with Crippen LogP contribution in [0.2, 0.25) is 0 Å². The first-order valence-electron chi connectivity index (χ1n) is 10.4. The van der Waals surface area contributed by atoms with E-state index in [-0.39, 0.29) is 43.1 Å². The first-order chi connectivity index (χ1) is 15.5. The molecule has 12 heteroatoms. The molecular weight excluding hydrogens is 450 g/mol. The number of fused-ring (bicyclic) bond motifs is 1. The van der Waals surface area contributed by atoms with Gasteiger partial charge in [-0.2, -0.15) is 8.42 Å². The van der Waals surface area contributed by atoms with E-state index in [9.17, 15) is 18.0 Å². The molecule has 3 heterocycles. The number of hydrogen-bond acceptors (Lipinski definition) is 8. The zero-order valence-corrected chi connectivity index (χ0v) is 19.8. The van der Waals surface area contributed by atoms with Gasteiger partial charge in [-0.3, -0.25) is 23.3 Å². The number of pyridine rings is 1. The number of nitrogens with zero attached hydrogens (tertiary/aromatic N) is 4. The number of carbonyl (C=O) groups is 1. The van der Waals surface area contributed by atoms with Gasteiger partial charge in [0.1, 0.15) is 12.1 Å².